The minimum atomic E-state index is -4.53. The zero-order valence-corrected chi connectivity index (χ0v) is 15.1. The number of nitrogens with zero attached hydrogens (tertiary/aromatic N) is 5. The fourth-order valence-electron chi connectivity index (χ4n) is 3.50. The fraction of sp³-hybridized carbons (Fsp3) is 0.389. The summed E-state index contributed by atoms with van der Waals surface area (Å²) in [6, 6.07) is 4.67. The van der Waals surface area contributed by atoms with Gasteiger partial charge in [-0.15, -0.1) is 10.2 Å². The van der Waals surface area contributed by atoms with E-state index in [9.17, 15) is 18.3 Å². The molecule has 1 fully saturated rings. The topological polar surface area (TPSA) is 78.6 Å². The number of alkyl halides is 3. The third-order valence-corrected chi connectivity index (χ3v) is 4.87. The summed E-state index contributed by atoms with van der Waals surface area (Å²) in [5, 5.41) is 26.1. The molecule has 2 N–H and O–H groups in total. The van der Waals surface area contributed by atoms with Crippen LogP contribution in [0.15, 0.2) is 30.5 Å². The molecule has 0 saturated carbocycles. The summed E-state index contributed by atoms with van der Waals surface area (Å²) in [6.07, 6.45) is -0.909. The van der Waals surface area contributed by atoms with Crippen molar-refractivity contribution in [2.75, 3.05) is 25.5 Å². The van der Waals surface area contributed by atoms with Gasteiger partial charge in [-0.3, -0.25) is 0 Å². The minimum Gasteiger partial charge on any atom is -0.507 e. The number of aromatic hydroxyl groups is 1. The van der Waals surface area contributed by atoms with Crippen LogP contribution in [0, 0.1) is 0 Å². The molecule has 28 heavy (non-hydrogen) atoms. The molecular weight excluding hydrogens is 373 g/mol. The van der Waals surface area contributed by atoms with Gasteiger partial charge in [-0.05, 0) is 50.7 Å². The van der Waals surface area contributed by atoms with Crippen molar-refractivity contribution in [3.63, 3.8) is 0 Å². The van der Waals surface area contributed by atoms with Crippen molar-refractivity contribution in [1.29, 1.82) is 0 Å². The molecule has 7 nitrogen and oxygen atoms in total. The van der Waals surface area contributed by atoms with Crippen LogP contribution in [0.5, 0.6) is 5.75 Å². The van der Waals surface area contributed by atoms with E-state index in [-0.39, 0.29) is 17.3 Å². The largest absolute Gasteiger partial charge is 0.507 e. The maximum absolute atomic E-state index is 12.8. The van der Waals surface area contributed by atoms with Gasteiger partial charge in [0.2, 0.25) is 5.95 Å². The molecule has 1 aliphatic rings. The molecule has 0 aliphatic carbocycles. The van der Waals surface area contributed by atoms with Gasteiger partial charge in [0.15, 0.2) is 0 Å². The number of phenolic OH excluding ortho intramolecular Hbond substituents is 1. The summed E-state index contributed by atoms with van der Waals surface area (Å²) in [5.41, 5.74) is 0.0349. The van der Waals surface area contributed by atoms with E-state index in [4.69, 9.17) is 0 Å². The lowest BCUT2D eigenvalue weighted by molar-refractivity contribution is -0.137. The molecule has 0 spiro atoms. The Balaban J connectivity index is 1.70. The molecule has 1 aromatic carbocycles. The van der Waals surface area contributed by atoms with Crippen LogP contribution in [0.1, 0.15) is 18.4 Å². The lowest BCUT2D eigenvalue weighted by Gasteiger charge is -2.30. The van der Waals surface area contributed by atoms with E-state index in [1.807, 2.05) is 0 Å². The number of likely N-dealkylation sites (tertiary alicyclic amines) is 1. The van der Waals surface area contributed by atoms with Crippen LogP contribution in [-0.4, -0.2) is 56.0 Å². The van der Waals surface area contributed by atoms with Crippen LogP contribution in [0.4, 0.5) is 19.1 Å². The van der Waals surface area contributed by atoms with Crippen LogP contribution in [0.2, 0.25) is 0 Å². The van der Waals surface area contributed by atoms with E-state index in [0.29, 0.717) is 17.5 Å². The first-order valence-corrected chi connectivity index (χ1v) is 8.89. The molecule has 1 unspecified atom stereocenters. The van der Waals surface area contributed by atoms with E-state index in [2.05, 4.69) is 32.6 Å². The summed E-state index contributed by atoms with van der Waals surface area (Å²) in [4.78, 5) is 2.23. The van der Waals surface area contributed by atoms with Crippen molar-refractivity contribution in [1.82, 2.24) is 24.7 Å². The number of fused-ring (bicyclic) bond motifs is 1. The molecule has 3 aromatic rings. The normalized spacial score (nSPS) is 18.5. The maximum atomic E-state index is 12.8. The second-order valence-corrected chi connectivity index (χ2v) is 6.98. The van der Waals surface area contributed by atoms with Crippen molar-refractivity contribution >= 4 is 11.5 Å². The Hall–Kier alpha value is -2.88. The molecule has 1 aliphatic heterocycles. The number of halogens is 3. The van der Waals surface area contributed by atoms with Crippen LogP contribution >= 0.6 is 0 Å². The summed E-state index contributed by atoms with van der Waals surface area (Å²) in [5.74, 6) is -0.0581. The smallest absolute Gasteiger partial charge is 0.416 e. The Kier molecular flexibility index (Phi) is 4.58. The quantitative estimate of drug-likeness (QED) is 0.714. The van der Waals surface area contributed by atoms with Gasteiger partial charge in [0.1, 0.15) is 11.4 Å². The first-order valence-electron chi connectivity index (χ1n) is 8.89. The lowest BCUT2D eigenvalue weighted by Crippen LogP contribution is -2.40. The zero-order chi connectivity index (χ0) is 19.9. The van der Waals surface area contributed by atoms with Gasteiger partial charge in [0.05, 0.1) is 17.3 Å². The van der Waals surface area contributed by atoms with Gasteiger partial charge >= 0.3 is 6.18 Å². The van der Waals surface area contributed by atoms with E-state index < -0.39 is 17.5 Å². The van der Waals surface area contributed by atoms with Crippen LogP contribution in [0.3, 0.4) is 0 Å². The van der Waals surface area contributed by atoms with Crippen LogP contribution in [-0.2, 0) is 6.18 Å². The molecule has 0 amide bonds. The van der Waals surface area contributed by atoms with Gasteiger partial charge in [-0.25, -0.2) is 0 Å². The van der Waals surface area contributed by atoms with Crippen molar-refractivity contribution < 1.29 is 18.3 Å². The van der Waals surface area contributed by atoms with E-state index in [1.165, 1.54) is 6.07 Å². The molecular formula is C18H19F3N6O. The summed E-state index contributed by atoms with van der Waals surface area (Å²) >= 11 is 0. The number of likely N-dealkylation sites (N-methyl/N-ethyl adjacent to an activating group) is 1. The summed E-state index contributed by atoms with van der Waals surface area (Å²) in [6.45, 7) is 1.92. The Morgan fingerprint density at radius 3 is 2.75 bits per heavy atom. The van der Waals surface area contributed by atoms with Crippen molar-refractivity contribution in [2.24, 2.45) is 0 Å². The summed E-state index contributed by atoms with van der Waals surface area (Å²) in [7, 11) is 2.06. The number of anilines is 1. The zero-order valence-electron chi connectivity index (χ0n) is 15.1. The van der Waals surface area contributed by atoms with Crippen molar-refractivity contribution in [2.45, 2.75) is 25.1 Å². The number of piperidine rings is 1. The Labute approximate surface area is 158 Å². The van der Waals surface area contributed by atoms with Crippen LogP contribution < -0.4 is 5.32 Å². The minimum absolute atomic E-state index is 0.162. The number of hydrogen-bond donors (Lipinski definition) is 2. The molecule has 4 rings (SSSR count). The highest BCUT2D eigenvalue weighted by atomic mass is 19.4. The highest BCUT2D eigenvalue weighted by Gasteiger charge is 2.31. The number of phenols is 1. The highest BCUT2D eigenvalue weighted by Crippen LogP contribution is 2.37. The van der Waals surface area contributed by atoms with E-state index >= 15 is 0 Å². The average molecular weight is 392 g/mol. The van der Waals surface area contributed by atoms with Crippen LogP contribution in [0.25, 0.3) is 16.8 Å². The molecule has 1 atom stereocenters. The predicted octanol–water partition coefficient (Wildman–Crippen LogP) is 3.02. The Morgan fingerprint density at radius 1 is 1.21 bits per heavy atom. The van der Waals surface area contributed by atoms with Gasteiger partial charge < -0.3 is 15.3 Å². The summed E-state index contributed by atoms with van der Waals surface area (Å²) < 4.78 is 40.1. The second kappa shape index (κ2) is 6.93. The molecule has 1 saturated heterocycles. The van der Waals surface area contributed by atoms with Gasteiger partial charge in [-0.1, -0.05) is 0 Å². The Morgan fingerprint density at radius 2 is 2.04 bits per heavy atom. The monoisotopic (exact) mass is 392 g/mol. The maximum Gasteiger partial charge on any atom is 0.416 e. The van der Waals surface area contributed by atoms with E-state index in [1.54, 1.807) is 16.8 Å². The van der Waals surface area contributed by atoms with Crippen molar-refractivity contribution in [3.8, 4) is 17.0 Å². The van der Waals surface area contributed by atoms with Crippen molar-refractivity contribution in [3.05, 3.63) is 36.0 Å². The standard InChI is InChI=1S/C18H19F3N6O/c1-26-8-2-3-12(10-26)23-17-25-24-16(14-6-7-22-27(14)17)13-5-4-11(9-15(13)28)18(19,20)21/h4-7,9,12,28H,2-3,8,10H2,1H3,(H,23,25). The second-order valence-electron chi connectivity index (χ2n) is 6.98. The highest BCUT2D eigenvalue weighted by molar-refractivity contribution is 5.80. The SMILES string of the molecule is CN1CCCC(Nc2nnc(-c3ccc(C(F)(F)F)cc3O)c3ccnn23)C1. The number of rotatable bonds is 3. The molecule has 2 aromatic heterocycles. The first kappa shape index (κ1) is 18.5. The van der Waals surface area contributed by atoms with Gasteiger partial charge in [0.25, 0.3) is 0 Å². The molecule has 0 bridgehead atoms. The number of benzene rings is 1. The third-order valence-electron chi connectivity index (χ3n) is 4.87. The first-order chi connectivity index (χ1) is 13.3. The Bertz CT molecular complexity index is 1000. The van der Waals surface area contributed by atoms with Gasteiger partial charge in [-0.2, -0.15) is 22.8 Å². The molecule has 0 radical (unpaired) electrons. The average Bonchev–Trinajstić information content (AvgIpc) is 3.12. The van der Waals surface area contributed by atoms with Gasteiger partial charge in [0, 0.05) is 18.2 Å². The molecule has 148 valence electrons. The fourth-order valence-corrected chi connectivity index (χ4v) is 3.50. The lowest BCUT2D eigenvalue weighted by atomic mass is 10.1. The third kappa shape index (κ3) is 3.47. The predicted molar refractivity (Wildman–Crippen MR) is 97.0 cm³/mol. The number of aromatic nitrogens is 4. The number of hydrogen-bond acceptors (Lipinski definition) is 6. The van der Waals surface area contributed by atoms with E-state index in [0.717, 1.165) is 32.0 Å². The number of nitrogens with one attached hydrogen (secondary N) is 1. The molecule has 3 heterocycles. The molecule has 10 heteroatoms.